The van der Waals surface area contributed by atoms with Gasteiger partial charge in [-0.15, -0.1) is 0 Å². The van der Waals surface area contributed by atoms with Crippen LogP contribution in [0.4, 0.5) is 15.8 Å². The number of nitro benzene ring substituents is 1. The highest BCUT2D eigenvalue weighted by atomic mass is 19.1. The number of nitrogen functional groups attached to an aromatic ring is 1. The molecule has 9 heteroatoms. The number of carbonyl (C=O) groups is 1. The fourth-order valence-corrected chi connectivity index (χ4v) is 1.65. The van der Waals surface area contributed by atoms with Gasteiger partial charge in [-0.25, -0.2) is 4.39 Å². The summed E-state index contributed by atoms with van der Waals surface area (Å²) >= 11 is 0. The molecule has 0 aromatic heterocycles. The first-order valence-corrected chi connectivity index (χ1v) is 5.92. The molecule has 0 heterocycles. The molecule has 0 radical (unpaired) electrons. The van der Waals surface area contributed by atoms with E-state index in [9.17, 15) is 19.3 Å². The Hall–Kier alpha value is -2.73. The van der Waals surface area contributed by atoms with Crippen molar-refractivity contribution in [1.29, 1.82) is 5.26 Å². The van der Waals surface area contributed by atoms with Gasteiger partial charge in [0.25, 0.3) is 11.6 Å². The summed E-state index contributed by atoms with van der Waals surface area (Å²) in [5.41, 5.74) is 0.834. The molecule has 0 fully saturated rings. The van der Waals surface area contributed by atoms with Crippen LogP contribution in [0.2, 0.25) is 0 Å². The van der Waals surface area contributed by atoms with Gasteiger partial charge in [0.1, 0.15) is 5.56 Å². The summed E-state index contributed by atoms with van der Waals surface area (Å²) in [6.07, 6.45) is 0.0687. The lowest BCUT2D eigenvalue weighted by molar-refractivity contribution is -0.385. The van der Waals surface area contributed by atoms with Crippen molar-refractivity contribution in [3.05, 3.63) is 33.6 Å². The number of amides is 1. The van der Waals surface area contributed by atoms with E-state index in [0.29, 0.717) is 6.07 Å². The van der Waals surface area contributed by atoms with Crippen molar-refractivity contribution in [1.82, 2.24) is 4.90 Å². The number of hydrogen-bond acceptors (Lipinski definition) is 6. The second kappa shape index (κ2) is 6.62. The number of nitrogens with two attached hydrogens (primary N) is 1. The summed E-state index contributed by atoms with van der Waals surface area (Å²) in [6, 6.07) is 3.07. The molecule has 8 nitrogen and oxygen atoms in total. The monoisotopic (exact) mass is 295 g/mol. The van der Waals surface area contributed by atoms with Gasteiger partial charge in [0.2, 0.25) is 0 Å². The zero-order valence-electron chi connectivity index (χ0n) is 11.5. The highest BCUT2D eigenvalue weighted by Gasteiger charge is 2.27. The van der Waals surface area contributed by atoms with Gasteiger partial charge in [0.05, 0.1) is 29.2 Å². The highest BCUT2D eigenvalue weighted by molar-refractivity contribution is 5.99. The number of nitro groups is 1. The standard InChI is InChI=1S/C12H14FN5O3/c1-7(3-4-14)17(2)12(19)8-5-10(16-15)9(13)6-11(8)18(20)21/h5-7,16H,3,15H2,1-2H3. The molecular weight excluding hydrogens is 281 g/mol. The van der Waals surface area contributed by atoms with Crippen LogP contribution in [0.25, 0.3) is 0 Å². The Kier molecular flexibility index (Phi) is 5.15. The number of halogens is 1. The number of benzene rings is 1. The van der Waals surface area contributed by atoms with Crippen LogP contribution in [0.3, 0.4) is 0 Å². The molecule has 0 aliphatic heterocycles. The third-order valence-corrected chi connectivity index (χ3v) is 3.04. The lowest BCUT2D eigenvalue weighted by atomic mass is 10.1. The van der Waals surface area contributed by atoms with Crippen LogP contribution in [0.1, 0.15) is 23.7 Å². The Morgan fingerprint density at radius 2 is 2.29 bits per heavy atom. The van der Waals surface area contributed by atoms with Crippen LogP contribution < -0.4 is 11.3 Å². The molecule has 0 spiro atoms. The summed E-state index contributed by atoms with van der Waals surface area (Å²) < 4.78 is 13.5. The molecule has 112 valence electrons. The molecule has 3 N–H and O–H groups in total. The molecule has 1 unspecified atom stereocenters. The van der Waals surface area contributed by atoms with Gasteiger partial charge >= 0.3 is 0 Å². The molecule has 1 aromatic rings. The Bertz CT molecular complexity index is 614. The Balaban J connectivity index is 3.30. The Morgan fingerprint density at radius 1 is 1.67 bits per heavy atom. The van der Waals surface area contributed by atoms with Crippen LogP contribution in [-0.4, -0.2) is 28.8 Å². The molecule has 0 aliphatic carbocycles. The third-order valence-electron chi connectivity index (χ3n) is 3.04. The fraction of sp³-hybridized carbons (Fsp3) is 0.333. The number of nitrogens with zero attached hydrogens (tertiary/aromatic N) is 3. The van der Waals surface area contributed by atoms with Crippen LogP contribution >= 0.6 is 0 Å². The van der Waals surface area contributed by atoms with Crippen molar-refractivity contribution in [2.45, 2.75) is 19.4 Å². The first-order chi connectivity index (χ1) is 9.83. The van der Waals surface area contributed by atoms with E-state index >= 15 is 0 Å². The van der Waals surface area contributed by atoms with Crippen LogP contribution in [0.15, 0.2) is 12.1 Å². The zero-order valence-corrected chi connectivity index (χ0v) is 11.5. The van der Waals surface area contributed by atoms with Gasteiger partial charge in [0, 0.05) is 13.1 Å². The first kappa shape index (κ1) is 16.3. The Labute approximate surface area is 120 Å². The summed E-state index contributed by atoms with van der Waals surface area (Å²) in [7, 11) is 1.41. The van der Waals surface area contributed by atoms with E-state index in [4.69, 9.17) is 11.1 Å². The number of hydrazine groups is 1. The predicted molar refractivity (Wildman–Crippen MR) is 72.7 cm³/mol. The molecule has 1 rings (SSSR count). The van der Waals surface area contributed by atoms with E-state index in [0.717, 1.165) is 6.07 Å². The van der Waals surface area contributed by atoms with Gasteiger partial charge in [-0.05, 0) is 13.0 Å². The molecular formula is C12H14FN5O3. The lowest BCUT2D eigenvalue weighted by Crippen LogP contribution is -2.35. The number of nitriles is 1. The van der Waals surface area contributed by atoms with Gasteiger partial charge in [-0.3, -0.25) is 20.8 Å². The average Bonchev–Trinajstić information content (AvgIpc) is 2.45. The van der Waals surface area contributed by atoms with E-state index in [1.807, 2.05) is 11.5 Å². The maximum atomic E-state index is 13.5. The lowest BCUT2D eigenvalue weighted by Gasteiger charge is -2.23. The van der Waals surface area contributed by atoms with Crippen molar-refractivity contribution < 1.29 is 14.1 Å². The minimum absolute atomic E-state index is 0.0687. The number of nitrogens with one attached hydrogen (secondary N) is 1. The number of anilines is 1. The quantitative estimate of drug-likeness (QED) is 0.480. The normalized spacial score (nSPS) is 11.4. The molecule has 0 saturated heterocycles. The highest BCUT2D eigenvalue weighted by Crippen LogP contribution is 2.27. The van der Waals surface area contributed by atoms with Crippen molar-refractivity contribution in [3.63, 3.8) is 0 Å². The number of carbonyl (C=O) groups excluding carboxylic acids is 1. The maximum absolute atomic E-state index is 13.5. The smallest absolute Gasteiger partial charge is 0.285 e. The second-order valence-corrected chi connectivity index (χ2v) is 4.38. The van der Waals surface area contributed by atoms with E-state index in [2.05, 4.69) is 0 Å². The SMILES string of the molecule is CC(CC#N)N(C)C(=O)c1cc(NN)c(F)cc1[N+](=O)[O-]. The largest absolute Gasteiger partial charge is 0.338 e. The van der Waals surface area contributed by atoms with E-state index in [1.54, 1.807) is 6.92 Å². The zero-order chi connectivity index (χ0) is 16.2. The van der Waals surface area contributed by atoms with Crippen LogP contribution in [0, 0.1) is 27.3 Å². The molecule has 0 saturated carbocycles. The molecule has 0 bridgehead atoms. The topological polar surface area (TPSA) is 125 Å². The fourth-order valence-electron chi connectivity index (χ4n) is 1.65. The predicted octanol–water partition coefficient (Wildman–Crippen LogP) is 1.39. The first-order valence-electron chi connectivity index (χ1n) is 5.92. The summed E-state index contributed by atoms with van der Waals surface area (Å²) in [5, 5.41) is 19.6. The maximum Gasteiger partial charge on any atom is 0.285 e. The van der Waals surface area contributed by atoms with Crippen LogP contribution in [0.5, 0.6) is 0 Å². The molecule has 1 aromatic carbocycles. The summed E-state index contributed by atoms with van der Waals surface area (Å²) in [5.74, 6) is 3.47. The van der Waals surface area contributed by atoms with Crippen molar-refractivity contribution in [3.8, 4) is 6.07 Å². The van der Waals surface area contributed by atoms with Crippen molar-refractivity contribution in [2.24, 2.45) is 5.84 Å². The van der Waals surface area contributed by atoms with Crippen LogP contribution in [-0.2, 0) is 0 Å². The molecule has 1 amide bonds. The molecule has 21 heavy (non-hydrogen) atoms. The number of hydrogen-bond donors (Lipinski definition) is 2. The van der Waals surface area contributed by atoms with Crippen molar-refractivity contribution >= 4 is 17.3 Å². The van der Waals surface area contributed by atoms with Gasteiger partial charge in [-0.1, -0.05) is 0 Å². The van der Waals surface area contributed by atoms with Gasteiger partial charge in [-0.2, -0.15) is 5.26 Å². The summed E-state index contributed by atoms with van der Waals surface area (Å²) in [4.78, 5) is 23.6. The van der Waals surface area contributed by atoms with E-state index in [1.165, 1.54) is 11.9 Å². The molecule has 0 aliphatic rings. The van der Waals surface area contributed by atoms with E-state index < -0.39 is 28.4 Å². The summed E-state index contributed by atoms with van der Waals surface area (Å²) in [6.45, 7) is 1.62. The Morgan fingerprint density at radius 3 is 2.76 bits per heavy atom. The third kappa shape index (κ3) is 3.43. The second-order valence-electron chi connectivity index (χ2n) is 4.38. The minimum Gasteiger partial charge on any atom is -0.338 e. The van der Waals surface area contributed by atoms with Gasteiger partial charge < -0.3 is 10.3 Å². The average molecular weight is 295 g/mol. The molecule has 1 atom stereocenters. The van der Waals surface area contributed by atoms with Gasteiger partial charge in [0.15, 0.2) is 5.82 Å². The minimum atomic E-state index is -0.937. The van der Waals surface area contributed by atoms with Crippen molar-refractivity contribution in [2.75, 3.05) is 12.5 Å². The van der Waals surface area contributed by atoms with E-state index in [-0.39, 0.29) is 17.7 Å². The number of rotatable bonds is 5.